The standard InChI is InChI=1S/C25H25FN2OS/c26-25-13-16-10-18(14-25)28(19(11-16)15-25)23(29)12-20(17-6-2-1-3-7-17)24-27-21-8-4-5-9-22(21)30-24/h1-9,16,18-20H,10-15H2. The number of carbonyl (C=O) groups excluding carboxylic acids is 1. The smallest absolute Gasteiger partial charge is 0.224 e. The number of hydrogen-bond acceptors (Lipinski definition) is 3. The first-order chi connectivity index (χ1) is 14.6. The number of halogens is 1. The molecule has 3 unspecified atom stereocenters. The highest BCUT2D eigenvalue weighted by Gasteiger charge is 2.56. The summed E-state index contributed by atoms with van der Waals surface area (Å²) in [6.07, 6.45) is 4.13. The molecule has 30 heavy (non-hydrogen) atoms. The lowest BCUT2D eigenvalue weighted by atomic mass is 9.62. The van der Waals surface area contributed by atoms with Gasteiger partial charge in [0.25, 0.3) is 0 Å². The van der Waals surface area contributed by atoms with Crippen LogP contribution in [0.4, 0.5) is 4.39 Å². The van der Waals surface area contributed by atoms with E-state index in [2.05, 4.69) is 23.1 Å². The van der Waals surface area contributed by atoms with E-state index in [-0.39, 0.29) is 23.9 Å². The van der Waals surface area contributed by atoms with Gasteiger partial charge < -0.3 is 4.90 Å². The number of carbonyl (C=O) groups is 1. The molecule has 154 valence electrons. The number of rotatable bonds is 4. The van der Waals surface area contributed by atoms with Gasteiger partial charge in [0, 0.05) is 37.3 Å². The molecule has 4 bridgehead atoms. The first-order valence-electron chi connectivity index (χ1n) is 11.0. The SMILES string of the molecule is O=C(CC(c1ccccc1)c1nc2ccccc2s1)N1C2CC3CC1CC(F)(C3)C2. The summed E-state index contributed by atoms with van der Waals surface area (Å²) >= 11 is 1.68. The third kappa shape index (κ3) is 3.06. The van der Waals surface area contributed by atoms with E-state index in [4.69, 9.17) is 4.98 Å². The molecule has 7 rings (SSSR count). The largest absolute Gasteiger partial charge is 0.336 e. The van der Waals surface area contributed by atoms with Crippen molar-refractivity contribution in [2.45, 2.75) is 62.2 Å². The molecule has 4 fully saturated rings. The van der Waals surface area contributed by atoms with E-state index in [9.17, 15) is 4.79 Å². The summed E-state index contributed by atoms with van der Waals surface area (Å²) in [5.74, 6) is 0.568. The molecule has 2 aliphatic heterocycles. The van der Waals surface area contributed by atoms with Crippen molar-refractivity contribution >= 4 is 27.5 Å². The Morgan fingerprint density at radius 3 is 2.47 bits per heavy atom. The van der Waals surface area contributed by atoms with Crippen LogP contribution in [-0.4, -0.2) is 33.5 Å². The fraction of sp³-hybridized carbons (Fsp3) is 0.440. The van der Waals surface area contributed by atoms with Gasteiger partial charge in [0.2, 0.25) is 5.91 Å². The molecular formula is C25H25FN2OS. The number of amides is 1. The average molecular weight is 421 g/mol. The second kappa shape index (κ2) is 6.88. The molecule has 3 nitrogen and oxygen atoms in total. The van der Waals surface area contributed by atoms with Crippen LogP contribution in [0, 0.1) is 5.92 Å². The minimum atomic E-state index is -1.03. The highest BCUT2D eigenvalue weighted by Crippen LogP contribution is 2.53. The quantitative estimate of drug-likeness (QED) is 0.542. The van der Waals surface area contributed by atoms with Crippen LogP contribution >= 0.6 is 11.3 Å². The summed E-state index contributed by atoms with van der Waals surface area (Å²) in [4.78, 5) is 20.5. The van der Waals surface area contributed by atoms with Gasteiger partial charge in [-0.15, -0.1) is 11.3 Å². The predicted octanol–water partition coefficient (Wildman–Crippen LogP) is 5.70. The molecule has 3 atom stereocenters. The lowest BCUT2D eigenvalue weighted by molar-refractivity contribution is -0.160. The Morgan fingerprint density at radius 2 is 1.77 bits per heavy atom. The Bertz CT molecular complexity index is 1050. The Hall–Kier alpha value is -2.27. The van der Waals surface area contributed by atoms with E-state index < -0.39 is 5.67 Å². The number of alkyl halides is 1. The number of piperidine rings is 2. The Kier molecular flexibility index (Phi) is 4.24. The Labute approximate surface area is 179 Å². The number of fused-ring (bicyclic) bond motifs is 1. The van der Waals surface area contributed by atoms with Gasteiger partial charge in [0.15, 0.2) is 0 Å². The number of para-hydroxylation sites is 1. The van der Waals surface area contributed by atoms with Crippen molar-refractivity contribution in [1.29, 1.82) is 0 Å². The maximum absolute atomic E-state index is 15.1. The van der Waals surface area contributed by atoms with Gasteiger partial charge in [-0.1, -0.05) is 42.5 Å². The normalized spacial score (nSPS) is 30.7. The summed E-state index contributed by atoms with van der Waals surface area (Å²) in [5, 5.41) is 0.989. The summed E-state index contributed by atoms with van der Waals surface area (Å²) in [5.41, 5.74) is 1.08. The van der Waals surface area contributed by atoms with Crippen LogP contribution in [0.25, 0.3) is 10.2 Å². The van der Waals surface area contributed by atoms with E-state index in [0.717, 1.165) is 33.6 Å². The van der Waals surface area contributed by atoms with Crippen molar-refractivity contribution in [3.63, 3.8) is 0 Å². The molecule has 2 aliphatic carbocycles. The van der Waals surface area contributed by atoms with Crippen LogP contribution in [0.5, 0.6) is 0 Å². The topological polar surface area (TPSA) is 33.2 Å². The zero-order chi connectivity index (χ0) is 20.3. The molecule has 3 heterocycles. The van der Waals surface area contributed by atoms with Crippen molar-refractivity contribution in [2.24, 2.45) is 5.92 Å². The van der Waals surface area contributed by atoms with E-state index >= 15 is 4.39 Å². The second-order valence-corrected chi connectivity index (χ2v) is 10.5. The van der Waals surface area contributed by atoms with Gasteiger partial charge in [-0.3, -0.25) is 4.79 Å². The molecule has 0 N–H and O–H groups in total. The maximum Gasteiger partial charge on any atom is 0.224 e. The first-order valence-corrected chi connectivity index (χ1v) is 11.8. The van der Waals surface area contributed by atoms with Crippen LogP contribution in [-0.2, 0) is 4.79 Å². The van der Waals surface area contributed by atoms with Crippen molar-refractivity contribution in [3.8, 4) is 0 Å². The summed E-state index contributed by atoms with van der Waals surface area (Å²) < 4.78 is 16.2. The predicted molar refractivity (Wildman–Crippen MR) is 117 cm³/mol. The summed E-state index contributed by atoms with van der Waals surface area (Å²) in [7, 11) is 0. The number of aromatic nitrogens is 1. The summed E-state index contributed by atoms with van der Waals surface area (Å²) in [6, 6.07) is 18.5. The van der Waals surface area contributed by atoms with E-state index in [0.29, 0.717) is 31.6 Å². The highest BCUT2D eigenvalue weighted by atomic mass is 32.1. The molecular weight excluding hydrogens is 395 g/mol. The number of hydrogen-bond donors (Lipinski definition) is 0. The van der Waals surface area contributed by atoms with E-state index in [1.165, 1.54) is 0 Å². The molecule has 3 aromatic rings. The molecule has 2 saturated carbocycles. The molecule has 4 aliphatic rings. The zero-order valence-corrected chi connectivity index (χ0v) is 17.7. The van der Waals surface area contributed by atoms with Gasteiger partial charge in [-0.2, -0.15) is 0 Å². The third-order valence-electron chi connectivity index (χ3n) is 7.33. The van der Waals surface area contributed by atoms with Crippen LogP contribution in [0.1, 0.15) is 55.0 Å². The van der Waals surface area contributed by atoms with Gasteiger partial charge in [-0.25, -0.2) is 9.37 Å². The van der Waals surface area contributed by atoms with Gasteiger partial charge in [0.1, 0.15) is 10.7 Å². The molecule has 0 spiro atoms. The van der Waals surface area contributed by atoms with Crippen LogP contribution in [0.2, 0.25) is 0 Å². The van der Waals surface area contributed by atoms with Crippen molar-refractivity contribution < 1.29 is 9.18 Å². The monoisotopic (exact) mass is 420 g/mol. The molecule has 0 radical (unpaired) electrons. The zero-order valence-electron chi connectivity index (χ0n) is 16.8. The molecule has 5 heteroatoms. The Balaban J connectivity index is 1.32. The van der Waals surface area contributed by atoms with Gasteiger partial charge in [0.05, 0.1) is 10.2 Å². The molecule has 2 aromatic carbocycles. The minimum absolute atomic E-state index is 0.0624. The first kappa shape index (κ1) is 18.5. The van der Waals surface area contributed by atoms with Crippen molar-refractivity contribution in [3.05, 3.63) is 65.2 Å². The lowest BCUT2D eigenvalue weighted by Crippen LogP contribution is -2.64. The fourth-order valence-electron chi connectivity index (χ4n) is 6.29. The number of benzene rings is 2. The number of nitrogens with zero attached hydrogens (tertiary/aromatic N) is 2. The van der Waals surface area contributed by atoms with Crippen LogP contribution < -0.4 is 0 Å². The fourth-order valence-corrected chi connectivity index (χ4v) is 7.39. The van der Waals surface area contributed by atoms with E-state index in [1.54, 1.807) is 11.3 Å². The molecule has 1 amide bonds. The van der Waals surface area contributed by atoms with Gasteiger partial charge in [-0.05, 0) is 42.9 Å². The summed E-state index contributed by atoms with van der Waals surface area (Å²) in [6.45, 7) is 0. The number of thiazole rings is 1. The Morgan fingerprint density at radius 1 is 1.07 bits per heavy atom. The van der Waals surface area contributed by atoms with Gasteiger partial charge >= 0.3 is 0 Å². The third-order valence-corrected chi connectivity index (χ3v) is 8.48. The molecule has 1 aromatic heterocycles. The highest BCUT2D eigenvalue weighted by molar-refractivity contribution is 7.18. The van der Waals surface area contributed by atoms with Crippen molar-refractivity contribution in [2.75, 3.05) is 0 Å². The second-order valence-electron chi connectivity index (χ2n) is 9.40. The average Bonchev–Trinajstić information content (AvgIpc) is 3.15. The van der Waals surface area contributed by atoms with Crippen LogP contribution in [0.15, 0.2) is 54.6 Å². The van der Waals surface area contributed by atoms with Crippen molar-refractivity contribution in [1.82, 2.24) is 9.88 Å². The van der Waals surface area contributed by atoms with Crippen LogP contribution in [0.3, 0.4) is 0 Å². The lowest BCUT2D eigenvalue weighted by Gasteiger charge is -2.58. The van der Waals surface area contributed by atoms with E-state index in [1.807, 2.05) is 36.4 Å². The minimum Gasteiger partial charge on any atom is -0.336 e. The molecule has 2 saturated heterocycles. The maximum atomic E-state index is 15.1.